The minimum atomic E-state index is -0.380. The van der Waals surface area contributed by atoms with Gasteiger partial charge in [0.2, 0.25) is 0 Å². The van der Waals surface area contributed by atoms with Crippen LogP contribution in [0.25, 0.3) is 11.3 Å². The minimum absolute atomic E-state index is 0.0660. The second-order valence-electron chi connectivity index (χ2n) is 10.5. The van der Waals surface area contributed by atoms with Gasteiger partial charge in [0.25, 0.3) is 0 Å². The van der Waals surface area contributed by atoms with Crippen molar-refractivity contribution in [2.45, 2.75) is 54.7 Å². The van der Waals surface area contributed by atoms with Gasteiger partial charge in [-0.3, -0.25) is 9.72 Å². The summed E-state index contributed by atoms with van der Waals surface area (Å²) in [5.41, 5.74) is 3.15. The topological polar surface area (TPSA) is 109 Å². The maximum atomic E-state index is 13.1. The first-order chi connectivity index (χ1) is 20.1. The zero-order valence-corrected chi connectivity index (χ0v) is 26.3. The van der Waals surface area contributed by atoms with E-state index >= 15 is 0 Å². The monoisotopic (exact) mass is 621 g/mol. The predicted octanol–water partition coefficient (Wildman–Crippen LogP) is 7.47. The first kappa shape index (κ1) is 29.8. The van der Waals surface area contributed by atoms with Crippen LogP contribution in [0.2, 0.25) is 5.02 Å². The molecule has 0 atom stereocenters. The Morgan fingerprint density at radius 3 is 2.62 bits per heavy atom. The number of anilines is 1. The van der Waals surface area contributed by atoms with Crippen molar-refractivity contribution in [2.24, 2.45) is 0 Å². The first-order valence-electron chi connectivity index (χ1n) is 13.4. The highest BCUT2D eigenvalue weighted by Gasteiger charge is 2.25. The summed E-state index contributed by atoms with van der Waals surface area (Å²) in [6, 6.07) is 18.3. The Kier molecular flexibility index (Phi) is 8.72. The fourth-order valence-electron chi connectivity index (χ4n) is 4.25. The highest BCUT2D eigenvalue weighted by atomic mass is 35.5. The fraction of sp³-hybridized carbons (Fsp3) is 0.267. The third-order valence-electron chi connectivity index (χ3n) is 6.81. The molecular weight excluding hydrogens is 590 g/mol. The summed E-state index contributed by atoms with van der Waals surface area (Å²) in [7, 11) is 0. The second kappa shape index (κ2) is 12.3. The zero-order valence-electron chi connectivity index (χ0n) is 23.9. The fourth-order valence-corrected chi connectivity index (χ4v) is 5.65. The van der Waals surface area contributed by atoms with Crippen molar-refractivity contribution in [2.75, 3.05) is 11.6 Å². The number of phenols is 1. The van der Waals surface area contributed by atoms with E-state index in [0.29, 0.717) is 18.1 Å². The molecule has 12 heteroatoms. The van der Waals surface area contributed by atoms with E-state index in [1.165, 1.54) is 6.07 Å². The van der Waals surface area contributed by atoms with Gasteiger partial charge >= 0.3 is 6.03 Å². The van der Waals surface area contributed by atoms with Gasteiger partial charge in [-0.15, -0.1) is 10.2 Å². The summed E-state index contributed by atoms with van der Waals surface area (Å²) < 4.78 is 3.32. The van der Waals surface area contributed by atoms with Crippen molar-refractivity contribution >= 4 is 52.6 Å². The number of carbonyl (C=O) groups excluding carboxylic acids is 1. The zero-order chi connectivity index (χ0) is 30.0. The van der Waals surface area contributed by atoms with Crippen LogP contribution in [0.3, 0.4) is 0 Å². The summed E-state index contributed by atoms with van der Waals surface area (Å²) in [5, 5.41) is 29.7. The Balaban J connectivity index is 1.34. The number of aromatic hydroxyl groups is 1. The van der Waals surface area contributed by atoms with Gasteiger partial charge < -0.3 is 10.4 Å². The average molecular weight is 622 g/mol. The largest absolute Gasteiger partial charge is 0.506 e. The van der Waals surface area contributed by atoms with E-state index < -0.39 is 0 Å². The van der Waals surface area contributed by atoms with E-state index in [0.717, 1.165) is 32.5 Å². The van der Waals surface area contributed by atoms with E-state index in [2.05, 4.69) is 54.7 Å². The van der Waals surface area contributed by atoms with Crippen molar-refractivity contribution in [3.8, 4) is 11.4 Å². The molecule has 9 nitrogen and oxygen atoms in total. The molecule has 0 aliphatic carbocycles. The number of hydrogen-bond acceptors (Lipinski definition) is 7. The number of pyridine rings is 1. The number of amides is 2. The molecule has 0 fully saturated rings. The lowest BCUT2D eigenvalue weighted by Gasteiger charge is -2.18. The Bertz CT molecular complexity index is 1750. The van der Waals surface area contributed by atoms with Gasteiger partial charge in [-0.05, 0) is 56.0 Å². The van der Waals surface area contributed by atoms with Gasteiger partial charge in [-0.25, -0.2) is 9.48 Å². The number of halogens is 1. The van der Waals surface area contributed by atoms with Crippen LogP contribution in [0, 0.1) is 0 Å². The molecule has 5 aromatic rings. The Labute approximate surface area is 258 Å². The molecule has 3 heterocycles. The number of hydrogen-bond donors (Lipinski definition) is 3. The van der Waals surface area contributed by atoms with Gasteiger partial charge in [0.15, 0.2) is 5.65 Å². The van der Waals surface area contributed by atoms with Crippen LogP contribution in [-0.2, 0) is 11.3 Å². The van der Waals surface area contributed by atoms with Crippen LogP contribution in [0.1, 0.15) is 50.7 Å². The lowest BCUT2D eigenvalue weighted by molar-refractivity contribution is 0.251. The van der Waals surface area contributed by atoms with Crippen molar-refractivity contribution in [1.29, 1.82) is 0 Å². The normalized spacial score (nSPS) is 11.8. The van der Waals surface area contributed by atoms with E-state index in [-0.39, 0.29) is 27.5 Å². The number of phenolic OH excluding ortho intramolecular Hbond substituents is 1. The smallest absolute Gasteiger partial charge is 0.320 e. The van der Waals surface area contributed by atoms with E-state index in [4.69, 9.17) is 16.7 Å². The maximum Gasteiger partial charge on any atom is 0.320 e. The summed E-state index contributed by atoms with van der Waals surface area (Å²) >= 11 is 9.29. The van der Waals surface area contributed by atoms with Crippen molar-refractivity contribution in [3.63, 3.8) is 0 Å². The number of carbonyl (C=O) groups is 1. The average Bonchev–Trinajstić information content (AvgIpc) is 3.59. The van der Waals surface area contributed by atoms with Crippen LogP contribution < -0.4 is 10.6 Å². The first-order valence-corrected chi connectivity index (χ1v) is 15.8. The van der Waals surface area contributed by atoms with Gasteiger partial charge in [0.1, 0.15) is 17.4 Å². The third kappa shape index (κ3) is 6.38. The lowest BCUT2D eigenvalue weighted by Crippen LogP contribution is -2.29. The molecule has 5 rings (SSSR count). The van der Waals surface area contributed by atoms with Crippen molar-refractivity contribution in [3.05, 3.63) is 89.0 Å². The van der Waals surface area contributed by atoms with Crippen LogP contribution in [0.4, 0.5) is 10.6 Å². The number of urea groups is 1. The molecule has 42 heavy (non-hydrogen) atoms. The van der Waals surface area contributed by atoms with Gasteiger partial charge in [-0.1, -0.05) is 55.4 Å². The molecule has 0 saturated heterocycles. The minimum Gasteiger partial charge on any atom is -0.506 e. The quantitative estimate of drug-likeness (QED) is 0.157. The van der Waals surface area contributed by atoms with E-state index in [9.17, 15) is 9.90 Å². The SMILES string of the molecule is CSC(C)(C)c1cc(NC(=O)NCc2ccccc2Sc2ccc3nnc(C(C)C)n3c2)n(-c2ccc(Cl)c(O)c2)n1. The molecule has 0 aliphatic heterocycles. The van der Waals surface area contributed by atoms with Crippen molar-refractivity contribution in [1.82, 2.24) is 29.7 Å². The van der Waals surface area contributed by atoms with Gasteiger partial charge in [0.05, 0.1) is 21.2 Å². The third-order valence-corrected chi connectivity index (χ3v) is 9.45. The van der Waals surface area contributed by atoms with Crippen LogP contribution in [0.15, 0.2) is 76.7 Å². The Morgan fingerprint density at radius 1 is 1.10 bits per heavy atom. The van der Waals surface area contributed by atoms with E-state index in [1.807, 2.05) is 53.1 Å². The number of benzene rings is 2. The molecule has 3 aromatic heterocycles. The van der Waals surface area contributed by atoms with Crippen LogP contribution in [-0.4, -0.2) is 41.8 Å². The molecule has 0 saturated carbocycles. The molecule has 2 aromatic carbocycles. The molecule has 0 radical (unpaired) electrons. The lowest BCUT2D eigenvalue weighted by atomic mass is 10.1. The molecule has 0 spiro atoms. The highest BCUT2D eigenvalue weighted by Crippen LogP contribution is 2.36. The van der Waals surface area contributed by atoms with E-state index in [1.54, 1.807) is 40.3 Å². The van der Waals surface area contributed by atoms with Gasteiger partial charge in [0, 0.05) is 40.6 Å². The summed E-state index contributed by atoms with van der Waals surface area (Å²) in [6.07, 6.45) is 4.06. The van der Waals surface area contributed by atoms with Gasteiger partial charge in [-0.2, -0.15) is 16.9 Å². The summed E-state index contributed by atoms with van der Waals surface area (Å²) in [4.78, 5) is 15.2. The Hall–Kier alpha value is -3.67. The molecule has 0 unspecified atom stereocenters. The summed E-state index contributed by atoms with van der Waals surface area (Å²) in [6.45, 7) is 8.64. The van der Waals surface area contributed by atoms with Crippen LogP contribution in [0.5, 0.6) is 5.75 Å². The number of fused-ring (bicyclic) bond motifs is 1. The van der Waals surface area contributed by atoms with Crippen molar-refractivity contribution < 1.29 is 9.90 Å². The standard InChI is InChI=1S/C30H32ClN7O2S2/c1-18(2)28-35-34-26-13-11-21(17-37(26)28)42-24-9-7-6-8-19(24)16-32-29(40)33-27-15-25(30(3,4)41-5)36-38(27)20-10-12-22(31)23(39)14-20/h6-15,17-18,39H,16H2,1-5H3,(H2,32,33,40). The molecule has 3 N–H and O–H groups in total. The molecule has 0 aliphatic rings. The second-order valence-corrected chi connectivity index (χ2v) is 13.5. The number of aromatic nitrogens is 5. The van der Waals surface area contributed by atoms with Crippen LogP contribution >= 0.6 is 35.1 Å². The molecule has 2 amide bonds. The predicted molar refractivity (Wildman–Crippen MR) is 170 cm³/mol. The highest BCUT2D eigenvalue weighted by molar-refractivity contribution is 7.99. The molecular formula is C30H32ClN7O2S2. The number of nitrogens with one attached hydrogen (secondary N) is 2. The number of thioether (sulfide) groups is 1. The maximum absolute atomic E-state index is 13.1. The number of nitrogens with zero attached hydrogens (tertiary/aromatic N) is 5. The Morgan fingerprint density at radius 2 is 1.88 bits per heavy atom. The molecule has 218 valence electrons. The summed E-state index contributed by atoms with van der Waals surface area (Å²) in [5.74, 6) is 1.57. The number of rotatable bonds is 9. The molecule has 0 bridgehead atoms.